The predicted octanol–water partition coefficient (Wildman–Crippen LogP) is 4.80. The van der Waals surface area contributed by atoms with Gasteiger partial charge in [-0.25, -0.2) is 4.79 Å². The normalized spacial score (nSPS) is 14.4. The van der Waals surface area contributed by atoms with Gasteiger partial charge in [-0.1, -0.05) is 43.3 Å². The van der Waals surface area contributed by atoms with Crippen LogP contribution in [0.2, 0.25) is 0 Å². The third-order valence-corrected chi connectivity index (χ3v) is 3.59. The smallest absolute Gasteiger partial charge is 0.418 e. The van der Waals surface area contributed by atoms with E-state index in [-0.39, 0.29) is 18.6 Å². The molecule has 0 aliphatic carbocycles. The van der Waals surface area contributed by atoms with Crippen molar-refractivity contribution >= 4 is 16.7 Å². The Bertz CT molecular complexity index is 697. The molecule has 24 heavy (non-hydrogen) atoms. The van der Waals surface area contributed by atoms with Crippen molar-refractivity contribution < 1.29 is 27.4 Å². The second-order valence-corrected chi connectivity index (χ2v) is 5.31. The number of rotatable bonds is 6. The minimum atomic E-state index is -4.64. The number of alkyl halides is 3. The summed E-state index contributed by atoms with van der Waals surface area (Å²) in [6.45, 7) is 3.26. The molecule has 0 aliphatic rings. The van der Waals surface area contributed by atoms with Crippen LogP contribution >= 0.6 is 0 Å². The first-order chi connectivity index (χ1) is 11.4. The van der Waals surface area contributed by atoms with Gasteiger partial charge in [0.15, 0.2) is 12.2 Å². The van der Waals surface area contributed by atoms with E-state index in [4.69, 9.17) is 9.47 Å². The van der Waals surface area contributed by atoms with E-state index in [9.17, 15) is 18.0 Å². The lowest BCUT2D eigenvalue weighted by atomic mass is 10.0. The van der Waals surface area contributed by atoms with Gasteiger partial charge in [-0.2, -0.15) is 13.2 Å². The maximum absolute atomic E-state index is 13.5. The Balaban J connectivity index is 2.35. The van der Waals surface area contributed by atoms with Gasteiger partial charge < -0.3 is 9.47 Å². The largest absolute Gasteiger partial charge is 0.464 e. The first-order valence-corrected chi connectivity index (χ1v) is 7.74. The molecular weight excluding hydrogens is 321 g/mol. The molecule has 0 aromatic heterocycles. The molecule has 0 bridgehead atoms. The molecule has 3 nitrogen and oxygen atoms in total. The molecule has 0 amide bonds. The topological polar surface area (TPSA) is 35.5 Å². The summed E-state index contributed by atoms with van der Waals surface area (Å²) in [7, 11) is 0. The van der Waals surface area contributed by atoms with Crippen molar-refractivity contribution in [1.29, 1.82) is 0 Å². The quantitative estimate of drug-likeness (QED) is 0.709. The van der Waals surface area contributed by atoms with E-state index >= 15 is 0 Å². The number of halogens is 3. The average molecular weight is 340 g/mol. The lowest BCUT2D eigenvalue weighted by molar-refractivity contribution is -0.239. The minimum absolute atomic E-state index is 0.0380. The Morgan fingerprint density at radius 2 is 1.75 bits per heavy atom. The molecule has 0 N–H and O–H groups in total. The standard InChI is InChI=1S/C18H19F3O3/c1-3-15(17(22)23-4-2)24-16(18(19,20)21)14-10-9-12-7-5-6-8-13(12)11-14/h5-11,15-16H,3-4H2,1-2H3. The van der Waals surface area contributed by atoms with Gasteiger partial charge in [0.05, 0.1) is 6.61 Å². The molecule has 0 saturated carbocycles. The zero-order valence-electron chi connectivity index (χ0n) is 13.5. The van der Waals surface area contributed by atoms with E-state index in [1.54, 1.807) is 32.0 Å². The molecule has 2 aromatic carbocycles. The third kappa shape index (κ3) is 4.26. The molecule has 2 atom stereocenters. The van der Waals surface area contributed by atoms with Gasteiger partial charge in [0.25, 0.3) is 0 Å². The van der Waals surface area contributed by atoms with Crippen LogP contribution in [0.1, 0.15) is 31.9 Å². The summed E-state index contributed by atoms with van der Waals surface area (Å²) < 4.78 is 50.3. The first kappa shape index (κ1) is 18.3. The Morgan fingerprint density at radius 1 is 1.08 bits per heavy atom. The van der Waals surface area contributed by atoms with Crippen molar-refractivity contribution in [3.63, 3.8) is 0 Å². The molecular formula is C18H19F3O3. The summed E-state index contributed by atoms with van der Waals surface area (Å²) >= 11 is 0. The monoisotopic (exact) mass is 340 g/mol. The fraction of sp³-hybridized carbons (Fsp3) is 0.389. The van der Waals surface area contributed by atoms with E-state index in [2.05, 4.69) is 0 Å². The summed E-state index contributed by atoms with van der Waals surface area (Å²) in [6.07, 6.45) is -7.99. The molecule has 0 saturated heterocycles. The highest BCUT2D eigenvalue weighted by Gasteiger charge is 2.44. The van der Waals surface area contributed by atoms with Gasteiger partial charge >= 0.3 is 12.1 Å². The van der Waals surface area contributed by atoms with Gasteiger partial charge in [-0.05, 0) is 35.7 Å². The van der Waals surface area contributed by atoms with Crippen molar-refractivity contribution in [2.24, 2.45) is 0 Å². The van der Waals surface area contributed by atoms with Gasteiger partial charge in [-0.15, -0.1) is 0 Å². The van der Waals surface area contributed by atoms with E-state index in [0.717, 1.165) is 5.39 Å². The summed E-state index contributed by atoms with van der Waals surface area (Å²) in [4.78, 5) is 11.8. The highest BCUT2D eigenvalue weighted by molar-refractivity contribution is 5.83. The number of carbonyl (C=O) groups excluding carboxylic acids is 1. The number of ether oxygens (including phenoxy) is 2. The highest BCUT2D eigenvalue weighted by Crippen LogP contribution is 2.38. The average Bonchev–Trinajstić information content (AvgIpc) is 2.54. The van der Waals surface area contributed by atoms with Crippen LogP contribution in [0.4, 0.5) is 13.2 Å². The predicted molar refractivity (Wildman–Crippen MR) is 84.5 cm³/mol. The Hall–Kier alpha value is -2.08. The van der Waals surface area contributed by atoms with Crippen LogP contribution in [0, 0.1) is 0 Å². The van der Waals surface area contributed by atoms with Crippen molar-refractivity contribution in [2.75, 3.05) is 6.61 Å². The summed E-state index contributed by atoms with van der Waals surface area (Å²) in [5.74, 6) is -0.782. The van der Waals surface area contributed by atoms with Crippen LogP contribution in [0.5, 0.6) is 0 Å². The molecule has 2 unspecified atom stereocenters. The van der Waals surface area contributed by atoms with Crippen molar-refractivity contribution in [2.45, 2.75) is 38.7 Å². The summed E-state index contributed by atoms with van der Waals surface area (Å²) in [5.41, 5.74) is -0.0380. The second kappa shape index (κ2) is 7.66. The Labute approximate surface area is 138 Å². The first-order valence-electron chi connectivity index (χ1n) is 7.74. The van der Waals surface area contributed by atoms with Crippen LogP contribution < -0.4 is 0 Å². The summed E-state index contributed by atoms with van der Waals surface area (Å²) in [6, 6.07) is 11.5. The molecule has 6 heteroatoms. The molecule has 0 fully saturated rings. The summed E-state index contributed by atoms with van der Waals surface area (Å²) in [5, 5.41) is 1.51. The van der Waals surface area contributed by atoms with Crippen LogP contribution in [-0.4, -0.2) is 24.9 Å². The van der Waals surface area contributed by atoms with Crippen molar-refractivity contribution in [3.05, 3.63) is 48.0 Å². The minimum Gasteiger partial charge on any atom is -0.464 e. The zero-order chi connectivity index (χ0) is 17.7. The van der Waals surface area contributed by atoms with E-state index < -0.39 is 24.4 Å². The van der Waals surface area contributed by atoms with Gasteiger partial charge in [0.2, 0.25) is 0 Å². The van der Waals surface area contributed by atoms with E-state index in [1.165, 1.54) is 12.1 Å². The van der Waals surface area contributed by atoms with Crippen molar-refractivity contribution in [3.8, 4) is 0 Å². The number of hydrogen-bond donors (Lipinski definition) is 0. The molecule has 2 rings (SSSR count). The number of carbonyl (C=O) groups is 1. The van der Waals surface area contributed by atoms with Crippen LogP contribution in [0.15, 0.2) is 42.5 Å². The molecule has 0 heterocycles. The fourth-order valence-electron chi connectivity index (χ4n) is 2.43. The lowest BCUT2D eigenvalue weighted by Gasteiger charge is -2.25. The Kier molecular flexibility index (Phi) is 5.83. The van der Waals surface area contributed by atoms with Crippen molar-refractivity contribution in [1.82, 2.24) is 0 Å². The second-order valence-electron chi connectivity index (χ2n) is 5.31. The van der Waals surface area contributed by atoms with Crippen LogP contribution in [0.25, 0.3) is 10.8 Å². The molecule has 2 aromatic rings. The van der Waals surface area contributed by atoms with Crippen LogP contribution in [-0.2, 0) is 14.3 Å². The maximum atomic E-state index is 13.5. The fourth-order valence-corrected chi connectivity index (χ4v) is 2.43. The molecule has 0 radical (unpaired) electrons. The lowest BCUT2D eigenvalue weighted by Crippen LogP contribution is -2.33. The third-order valence-electron chi connectivity index (χ3n) is 3.59. The zero-order valence-corrected chi connectivity index (χ0v) is 13.5. The Morgan fingerprint density at radius 3 is 2.33 bits per heavy atom. The van der Waals surface area contributed by atoms with E-state index in [1.807, 2.05) is 12.1 Å². The molecule has 130 valence electrons. The highest BCUT2D eigenvalue weighted by atomic mass is 19.4. The molecule has 0 aliphatic heterocycles. The number of fused-ring (bicyclic) bond motifs is 1. The van der Waals surface area contributed by atoms with Crippen LogP contribution in [0.3, 0.4) is 0 Å². The molecule has 0 spiro atoms. The van der Waals surface area contributed by atoms with E-state index in [0.29, 0.717) is 5.39 Å². The number of esters is 1. The van der Waals surface area contributed by atoms with Gasteiger partial charge in [0.1, 0.15) is 0 Å². The number of benzene rings is 2. The SMILES string of the molecule is CCOC(=O)C(CC)OC(c1ccc2ccccc2c1)C(F)(F)F. The van der Waals surface area contributed by atoms with Gasteiger partial charge in [-0.3, -0.25) is 0 Å². The number of hydrogen-bond acceptors (Lipinski definition) is 3. The maximum Gasteiger partial charge on any atom is 0.418 e. The van der Waals surface area contributed by atoms with Gasteiger partial charge in [0, 0.05) is 0 Å².